The van der Waals surface area contributed by atoms with Crippen LogP contribution in [0.4, 0.5) is 17.1 Å². The maximum atomic E-state index is 11.5. The Kier molecular flexibility index (Phi) is 5.45. The topological polar surface area (TPSA) is 147 Å². The Hall–Kier alpha value is -1.27. The largest absolute Gasteiger partial charge is 0.398 e. The number of nitrogen functional groups attached to an aromatic ring is 1. The monoisotopic (exact) mass is 446 g/mol. The first-order valence-electron chi connectivity index (χ1n) is 6.11. The van der Waals surface area contributed by atoms with Crippen molar-refractivity contribution in [2.24, 2.45) is 0 Å². The molecule has 2 rings (SSSR count). The van der Waals surface area contributed by atoms with Crippen molar-refractivity contribution in [1.82, 2.24) is 0 Å². The molecule has 2 aromatic carbocycles. The number of benzene rings is 2. The van der Waals surface area contributed by atoms with Crippen molar-refractivity contribution in [3.63, 3.8) is 0 Å². The standard InChI is InChI=1S/C12H9Cl3N2O6S2/c13-5-1-7(15)12(11(2-5)25(21,22)23)17-9-4-10(24(18,19)20)8(16)3-6(9)14/h1-4,17H,16H2,(H,18,19,20)(H,21,22,23). The lowest BCUT2D eigenvalue weighted by atomic mass is 10.2. The highest BCUT2D eigenvalue weighted by atomic mass is 35.5. The smallest absolute Gasteiger partial charge is 0.296 e. The summed E-state index contributed by atoms with van der Waals surface area (Å²) in [6.45, 7) is 0. The molecule has 0 aliphatic rings. The fourth-order valence-electron chi connectivity index (χ4n) is 1.90. The van der Waals surface area contributed by atoms with Crippen molar-refractivity contribution >= 4 is 72.1 Å². The first-order chi connectivity index (χ1) is 11.3. The maximum Gasteiger partial charge on any atom is 0.296 e. The van der Waals surface area contributed by atoms with E-state index in [1.807, 2.05) is 0 Å². The zero-order chi connectivity index (χ0) is 19.2. The molecule has 0 atom stereocenters. The van der Waals surface area contributed by atoms with Gasteiger partial charge in [-0.1, -0.05) is 34.8 Å². The van der Waals surface area contributed by atoms with Gasteiger partial charge in [-0.3, -0.25) is 9.11 Å². The number of hydrogen-bond donors (Lipinski definition) is 4. The third-order valence-corrected chi connectivity index (χ3v) is 5.55. The fraction of sp³-hybridized carbons (Fsp3) is 0. The summed E-state index contributed by atoms with van der Waals surface area (Å²) in [6.07, 6.45) is 0. The van der Waals surface area contributed by atoms with Gasteiger partial charge in [0.2, 0.25) is 0 Å². The second-order valence-electron chi connectivity index (χ2n) is 4.71. The highest BCUT2D eigenvalue weighted by Gasteiger charge is 2.22. The normalized spacial score (nSPS) is 12.2. The van der Waals surface area contributed by atoms with Crippen molar-refractivity contribution in [2.75, 3.05) is 11.1 Å². The maximum absolute atomic E-state index is 11.5. The molecule has 0 aliphatic carbocycles. The van der Waals surface area contributed by atoms with Crippen molar-refractivity contribution in [3.8, 4) is 0 Å². The van der Waals surface area contributed by atoms with Gasteiger partial charge in [0.05, 0.1) is 27.1 Å². The lowest BCUT2D eigenvalue weighted by molar-refractivity contribution is 0.481. The molecular weight excluding hydrogens is 439 g/mol. The van der Waals surface area contributed by atoms with Crippen LogP contribution in [0.1, 0.15) is 0 Å². The molecule has 0 aliphatic heterocycles. The zero-order valence-electron chi connectivity index (χ0n) is 11.9. The minimum absolute atomic E-state index is 0.0646. The molecule has 13 heteroatoms. The Morgan fingerprint density at radius 3 is 1.92 bits per heavy atom. The van der Waals surface area contributed by atoms with Gasteiger partial charge in [-0.25, -0.2) is 0 Å². The molecule has 0 heterocycles. The zero-order valence-corrected chi connectivity index (χ0v) is 15.8. The Balaban J connectivity index is 2.70. The van der Waals surface area contributed by atoms with Gasteiger partial charge < -0.3 is 11.1 Å². The summed E-state index contributed by atoms with van der Waals surface area (Å²) in [5, 5.41) is 2.13. The second kappa shape index (κ2) is 6.80. The molecule has 0 saturated carbocycles. The van der Waals surface area contributed by atoms with Crippen LogP contribution < -0.4 is 11.1 Å². The van der Waals surface area contributed by atoms with Crippen LogP contribution in [0.15, 0.2) is 34.1 Å². The SMILES string of the molecule is Nc1cc(Cl)c(Nc2c(Cl)cc(Cl)cc2S(=O)(=O)O)cc1S(=O)(=O)O. The highest BCUT2D eigenvalue weighted by molar-refractivity contribution is 7.86. The number of hydrogen-bond acceptors (Lipinski definition) is 6. The van der Waals surface area contributed by atoms with Gasteiger partial charge in [-0.15, -0.1) is 0 Å². The summed E-state index contributed by atoms with van der Waals surface area (Å²) in [5.41, 5.74) is 4.72. The van der Waals surface area contributed by atoms with Crippen LogP contribution in [0.2, 0.25) is 15.1 Å². The van der Waals surface area contributed by atoms with Gasteiger partial charge in [0, 0.05) is 5.02 Å². The summed E-state index contributed by atoms with van der Waals surface area (Å²) in [5.74, 6) is 0. The van der Waals surface area contributed by atoms with E-state index in [0.29, 0.717) is 0 Å². The lowest BCUT2D eigenvalue weighted by Crippen LogP contribution is -2.07. The van der Waals surface area contributed by atoms with Crippen LogP contribution in [0, 0.1) is 0 Å². The Morgan fingerprint density at radius 2 is 1.40 bits per heavy atom. The van der Waals surface area contributed by atoms with Crippen molar-refractivity contribution in [1.29, 1.82) is 0 Å². The number of anilines is 3. The van der Waals surface area contributed by atoms with Crippen LogP contribution in [0.25, 0.3) is 0 Å². The summed E-state index contributed by atoms with van der Waals surface area (Å²) in [6, 6.07) is 4.03. The predicted octanol–water partition coefficient (Wildman–Crippen LogP) is 3.47. The predicted molar refractivity (Wildman–Crippen MR) is 95.2 cm³/mol. The molecule has 2 aromatic rings. The van der Waals surface area contributed by atoms with Crippen LogP contribution in [-0.2, 0) is 20.2 Å². The molecule has 0 bridgehead atoms. The van der Waals surface area contributed by atoms with Gasteiger partial charge in [0.1, 0.15) is 9.79 Å². The summed E-state index contributed by atoms with van der Waals surface area (Å²) in [7, 11) is -9.39. The quantitative estimate of drug-likeness (QED) is 0.411. The van der Waals surface area contributed by atoms with Crippen LogP contribution in [-0.4, -0.2) is 25.9 Å². The molecule has 8 nitrogen and oxygen atoms in total. The van der Waals surface area contributed by atoms with E-state index in [0.717, 1.165) is 18.2 Å². The van der Waals surface area contributed by atoms with Crippen molar-refractivity contribution in [3.05, 3.63) is 39.3 Å². The fourth-order valence-corrected chi connectivity index (χ4v) is 4.10. The lowest BCUT2D eigenvalue weighted by Gasteiger charge is -2.15. The van der Waals surface area contributed by atoms with E-state index in [-0.39, 0.29) is 32.1 Å². The van der Waals surface area contributed by atoms with E-state index in [4.69, 9.17) is 45.1 Å². The third-order valence-electron chi connectivity index (χ3n) is 2.93. The van der Waals surface area contributed by atoms with Crippen LogP contribution in [0.5, 0.6) is 0 Å². The van der Waals surface area contributed by atoms with Gasteiger partial charge in [-0.05, 0) is 24.3 Å². The minimum atomic E-state index is -4.72. The molecule has 5 N–H and O–H groups in total. The van der Waals surface area contributed by atoms with Gasteiger partial charge in [0.15, 0.2) is 0 Å². The molecular formula is C12H9Cl3N2O6S2. The van der Waals surface area contributed by atoms with Crippen LogP contribution in [0.3, 0.4) is 0 Å². The Labute approximate surface area is 158 Å². The molecule has 0 amide bonds. The first kappa shape index (κ1) is 20.0. The van der Waals surface area contributed by atoms with E-state index in [1.165, 1.54) is 6.07 Å². The average Bonchev–Trinajstić information content (AvgIpc) is 2.41. The molecule has 0 saturated heterocycles. The molecule has 0 spiro atoms. The Morgan fingerprint density at radius 1 is 0.840 bits per heavy atom. The van der Waals surface area contributed by atoms with E-state index in [2.05, 4.69) is 5.32 Å². The van der Waals surface area contributed by atoms with E-state index >= 15 is 0 Å². The number of rotatable bonds is 4. The third kappa shape index (κ3) is 4.47. The van der Waals surface area contributed by atoms with Crippen LogP contribution >= 0.6 is 34.8 Å². The minimum Gasteiger partial charge on any atom is -0.398 e. The van der Waals surface area contributed by atoms with E-state index in [1.54, 1.807) is 0 Å². The van der Waals surface area contributed by atoms with Crippen molar-refractivity contribution < 1.29 is 25.9 Å². The van der Waals surface area contributed by atoms with E-state index in [9.17, 15) is 21.4 Å². The Bertz CT molecular complexity index is 1070. The van der Waals surface area contributed by atoms with E-state index < -0.39 is 30.0 Å². The summed E-state index contributed by atoms with van der Waals surface area (Å²) >= 11 is 17.6. The molecule has 0 unspecified atom stereocenters. The van der Waals surface area contributed by atoms with Gasteiger partial charge in [0.25, 0.3) is 20.2 Å². The summed E-state index contributed by atoms with van der Waals surface area (Å²) < 4.78 is 64.2. The summed E-state index contributed by atoms with van der Waals surface area (Å²) in [4.78, 5) is -1.32. The second-order valence-corrected chi connectivity index (χ2v) is 8.74. The number of nitrogens with one attached hydrogen (secondary N) is 1. The molecule has 25 heavy (non-hydrogen) atoms. The molecule has 0 fully saturated rings. The van der Waals surface area contributed by atoms with Gasteiger partial charge in [-0.2, -0.15) is 16.8 Å². The first-order valence-corrected chi connectivity index (χ1v) is 10.1. The molecule has 136 valence electrons. The number of halogens is 3. The molecule has 0 aromatic heterocycles. The average molecular weight is 448 g/mol. The van der Waals surface area contributed by atoms with Gasteiger partial charge >= 0.3 is 0 Å². The van der Waals surface area contributed by atoms with Crippen molar-refractivity contribution in [2.45, 2.75) is 9.79 Å². The highest BCUT2D eigenvalue weighted by Crippen LogP contribution is 2.38. The molecule has 0 radical (unpaired) electrons. The number of nitrogens with two attached hydrogens (primary N) is 1.